The SMILES string of the molecule is CCOC(=O)CCOc1cc2c(cc1OC)CC(N)C2. The van der Waals surface area contributed by atoms with Crippen molar-refractivity contribution in [2.24, 2.45) is 5.73 Å². The first kappa shape index (κ1) is 14.7. The number of methoxy groups -OCH3 is 1. The number of carbonyl (C=O) groups is 1. The molecule has 0 spiro atoms. The highest BCUT2D eigenvalue weighted by molar-refractivity contribution is 5.69. The summed E-state index contributed by atoms with van der Waals surface area (Å²) >= 11 is 0. The first-order chi connectivity index (χ1) is 9.63. The van der Waals surface area contributed by atoms with Crippen molar-refractivity contribution in [3.05, 3.63) is 23.3 Å². The minimum absolute atomic E-state index is 0.171. The minimum Gasteiger partial charge on any atom is -0.493 e. The van der Waals surface area contributed by atoms with Crippen LogP contribution in [-0.4, -0.2) is 32.3 Å². The molecule has 1 aromatic rings. The lowest BCUT2D eigenvalue weighted by atomic mass is 10.1. The van der Waals surface area contributed by atoms with Gasteiger partial charge in [0.05, 0.1) is 26.7 Å². The van der Waals surface area contributed by atoms with Crippen molar-refractivity contribution in [2.75, 3.05) is 20.3 Å². The van der Waals surface area contributed by atoms with Crippen molar-refractivity contribution in [3.63, 3.8) is 0 Å². The second kappa shape index (κ2) is 6.61. The number of carbonyl (C=O) groups excluding carboxylic acids is 1. The Morgan fingerprint density at radius 2 is 1.95 bits per heavy atom. The van der Waals surface area contributed by atoms with Gasteiger partial charge in [-0.15, -0.1) is 0 Å². The molecule has 2 rings (SSSR count). The van der Waals surface area contributed by atoms with E-state index < -0.39 is 0 Å². The summed E-state index contributed by atoms with van der Waals surface area (Å²) in [5.41, 5.74) is 8.37. The highest BCUT2D eigenvalue weighted by atomic mass is 16.5. The lowest BCUT2D eigenvalue weighted by molar-refractivity contribution is -0.143. The van der Waals surface area contributed by atoms with Crippen LogP contribution >= 0.6 is 0 Å². The fraction of sp³-hybridized carbons (Fsp3) is 0.533. The topological polar surface area (TPSA) is 70.8 Å². The Kier molecular flexibility index (Phi) is 4.84. The zero-order valence-corrected chi connectivity index (χ0v) is 12.0. The Hall–Kier alpha value is -1.75. The van der Waals surface area contributed by atoms with Gasteiger partial charge in [-0.1, -0.05) is 0 Å². The Labute approximate surface area is 119 Å². The van der Waals surface area contributed by atoms with Gasteiger partial charge in [0, 0.05) is 6.04 Å². The number of esters is 1. The molecule has 0 aromatic heterocycles. The number of benzene rings is 1. The van der Waals surface area contributed by atoms with Gasteiger partial charge in [-0.05, 0) is 43.0 Å². The van der Waals surface area contributed by atoms with Gasteiger partial charge < -0.3 is 19.9 Å². The highest BCUT2D eigenvalue weighted by Gasteiger charge is 2.21. The normalized spacial score (nSPS) is 16.6. The van der Waals surface area contributed by atoms with Crippen molar-refractivity contribution in [2.45, 2.75) is 32.2 Å². The van der Waals surface area contributed by atoms with E-state index in [9.17, 15) is 4.79 Å². The first-order valence-corrected chi connectivity index (χ1v) is 6.87. The van der Waals surface area contributed by atoms with Gasteiger partial charge in [-0.25, -0.2) is 0 Å². The van der Waals surface area contributed by atoms with Crippen molar-refractivity contribution in [1.29, 1.82) is 0 Å². The lowest BCUT2D eigenvalue weighted by Gasteiger charge is -2.12. The van der Waals surface area contributed by atoms with Gasteiger partial charge in [0.1, 0.15) is 0 Å². The van der Waals surface area contributed by atoms with E-state index in [1.165, 1.54) is 11.1 Å². The van der Waals surface area contributed by atoms with Crippen LogP contribution in [0.25, 0.3) is 0 Å². The number of hydrogen-bond donors (Lipinski definition) is 1. The third kappa shape index (κ3) is 3.42. The van der Waals surface area contributed by atoms with Gasteiger partial charge in [-0.2, -0.15) is 0 Å². The van der Waals surface area contributed by atoms with Crippen molar-refractivity contribution in [1.82, 2.24) is 0 Å². The average molecular weight is 279 g/mol. The van der Waals surface area contributed by atoms with E-state index in [4.69, 9.17) is 19.9 Å². The molecule has 0 heterocycles. The molecule has 0 aliphatic heterocycles. The van der Waals surface area contributed by atoms with Crippen molar-refractivity contribution < 1.29 is 19.0 Å². The van der Waals surface area contributed by atoms with Crippen LogP contribution in [0.4, 0.5) is 0 Å². The third-order valence-electron chi connectivity index (χ3n) is 3.32. The van der Waals surface area contributed by atoms with Gasteiger partial charge in [0.15, 0.2) is 11.5 Å². The van der Waals surface area contributed by atoms with E-state index in [2.05, 4.69) is 0 Å². The molecule has 5 heteroatoms. The van der Waals surface area contributed by atoms with Crippen LogP contribution in [0.3, 0.4) is 0 Å². The molecular formula is C15H21NO4. The zero-order chi connectivity index (χ0) is 14.5. The van der Waals surface area contributed by atoms with Crippen LogP contribution in [0.5, 0.6) is 11.5 Å². The molecule has 1 aliphatic rings. The Morgan fingerprint density at radius 1 is 1.30 bits per heavy atom. The van der Waals surface area contributed by atoms with Gasteiger partial charge >= 0.3 is 5.97 Å². The van der Waals surface area contributed by atoms with E-state index >= 15 is 0 Å². The van der Waals surface area contributed by atoms with Crippen LogP contribution in [0.2, 0.25) is 0 Å². The second-order valence-corrected chi connectivity index (χ2v) is 4.84. The summed E-state index contributed by atoms with van der Waals surface area (Å²) in [4.78, 5) is 11.3. The predicted octanol–water partition coefficient (Wildman–Crippen LogP) is 1.45. The molecule has 1 unspecified atom stereocenters. The molecule has 1 atom stereocenters. The summed E-state index contributed by atoms with van der Waals surface area (Å²) in [5, 5.41) is 0. The number of hydrogen-bond acceptors (Lipinski definition) is 5. The Morgan fingerprint density at radius 3 is 2.55 bits per heavy atom. The van der Waals surface area contributed by atoms with Crippen molar-refractivity contribution >= 4 is 5.97 Å². The molecule has 2 N–H and O–H groups in total. The lowest BCUT2D eigenvalue weighted by Crippen LogP contribution is -2.18. The average Bonchev–Trinajstić information content (AvgIpc) is 2.77. The highest BCUT2D eigenvalue weighted by Crippen LogP contribution is 2.34. The standard InChI is InChI=1S/C15H21NO4/c1-3-19-15(17)4-5-20-14-9-11-7-12(16)6-10(11)8-13(14)18-2/h8-9,12H,3-7,16H2,1-2H3. The number of nitrogens with two attached hydrogens (primary N) is 1. The van der Waals surface area contributed by atoms with E-state index in [0.29, 0.717) is 18.1 Å². The summed E-state index contributed by atoms with van der Waals surface area (Å²) in [7, 11) is 1.61. The second-order valence-electron chi connectivity index (χ2n) is 4.84. The van der Waals surface area contributed by atoms with Crippen LogP contribution in [-0.2, 0) is 22.4 Å². The molecular weight excluding hydrogens is 258 g/mol. The summed E-state index contributed by atoms with van der Waals surface area (Å²) < 4.78 is 15.8. The number of ether oxygens (including phenoxy) is 3. The zero-order valence-electron chi connectivity index (χ0n) is 12.0. The Balaban J connectivity index is 2.01. The number of fused-ring (bicyclic) bond motifs is 1. The van der Waals surface area contributed by atoms with Gasteiger partial charge in [0.2, 0.25) is 0 Å². The Bertz CT molecular complexity index is 487. The fourth-order valence-corrected chi connectivity index (χ4v) is 2.41. The van der Waals surface area contributed by atoms with E-state index in [1.54, 1.807) is 14.0 Å². The third-order valence-corrected chi connectivity index (χ3v) is 3.32. The van der Waals surface area contributed by atoms with Crippen molar-refractivity contribution in [3.8, 4) is 11.5 Å². The van der Waals surface area contributed by atoms with Crippen LogP contribution in [0.15, 0.2) is 12.1 Å². The monoisotopic (exact) mass is 279 g/mol. The van der Waals surface area contributed by atoms with E-state index in [0.717, 1.165) is 12.8 Å². The smallest absolute Gasteiger partial charge is 0.309 e. The maximum absolute atomic E-state index is 11.3. The maximum Gasteiger partial charge on any atom is 0.309 e. The molecule has 20 heavy (non-hydrogen) atoms. The molecule has 0 amide bonds. The maximum atomic E-state index is 11.3. The summed E-state index contributed by atoms with van der Waals surface area (Å²) in [5.74, 6) is 1.08. The van der Waals surface area contributed by atoms with Crippen LogP contribution < -0.4 is 15.2 Å². The minimum atomic E-state index is -0.255. The van der Waals surface area contributed by atoms with E-state index in [-0.39, 0.29) is 25.0 Å². The molecule has 0 bridgehead atoms. The summed E-state index contributed by atoms with van der Waals surface area (Å²) in [6.45, 7) is 2.45. The molecule has 0 saturated heterocycles. The molecule has 5 nitrogen and oxygen atoms in total. The molecule has 0 saturated carbocycles. The first-order valence-electron chi connectivity index (χ1n) is 6.87. The van der Waals surface area contributed by atoms with Gasteiger partial charge in [-0.3, -0.25) is 4.79 Å². The molecule has 1 aliphatic carbocycles. The van der Waals surface area contributed by atoms with Crippen LogP contribution in [0.1, 0.15) is 24.5 Å². The predicted molar refractivity (Wildman–Crippen MR) is 75.1 cm³/mol. The summed E-state index contributed by atoms with van der Waals surface area (Å²) in [6, 6.07) is 4.11. The quantitative estimate of drug-likeness (QED) is 0.798. The molecule has 0 radical (unpaired) electrons. The number of rotatable bonds is 6. The molecule has 1 aromatic carbocycles. The van der Waals surface area contributed by atoms with Crippen LogP contribution in [0, 0.1) is 0 Å². The molecule has 110 valence electrons. The van der Waals surface area contributed by atoms with E-state index in [1.807, 2.05) is 12.1 Å². The molecule has 0 fully saturated rings. The van der Waals surface area contributed by atoms with Gasteiger partial charge in [0.25, 0.3) is 0 Å². The fourth-order valence-electron chi connectivity index (χ4n) is 2.41. The summed E-state index contributed by atoms with van der Waals surface area (Å²) in [6.07, 6.45) is 1.95. The largest absolute Gasteiger partial charge is 0.493 e.